The van der Waals surface area contributed by atoms with Gasteiger partial charge in [0, 0.05) is 17.6 Å². The van der Waals surface area contributed by atoms with Crippen LogP contribution in [0.3, 0.4) is 0 Å². The Labute approximate surface area is 105 Å². The molecule has 0 radical (unpaired) electrons. The van der Waals surface area contributed by atoms with E-state index < -0.39 is 12.0 Å². The first-order chi connectivity index (χ1) is 8.13. The van der Waals surface area contributed by atoms with Crippen LogP contribution < -0.4 is 5.32 Å². The summed E-state index contributed by atoms with van der Waals surface area (Å²) >= 11 is 1.36. The quantitative estimate of drug-likeness (QED) is 0.565. The van der Waals surface area contributed by atoms with Crippen LogP contribution in [0.4, 0.5) is 0 Å². The van der Waals surface area contributed by atoms with Crippen LogP contribution in [0, 0.1) is 6.92 Å². The summed E-state index contributed by atoms with van der Waals surface area (Å²) in [6.07, 6.45) is 2.59. The molecule has 0 aliphatic heterocycles. The zero-order valence-electron chi connectivity index (χ0n) is 10.0. The first-order valence-electron chi connectivity index (χ1n) is 5.52. The van der Waals surface area contributed by atoms with Crippen molar-refractivity contribution in [1.29, 1.82) is 0 Å². The van der Waals surface area contributed by atoms with Gasteiger partial charge in [-0.1, -0.05) is 18.7 Å². The van der Waals surface area contributed by atoms with E-state index in [1.165, 1.54) is 11.8 Å². The minimum Gasteiger partial charge on any atom is -0.480 e. The second kappa shape index (κ2) is 7.24. The molecule has 0 saturated heterocycles. The maximum atomic E-state index is 11.0. The monoisotopic (exact) mass is 255 g/mol. The predicted octanol–water partition coefficient (Wildman–Crippen LogP) is 1.33. The number of hydrogen-bond acceptors (Lipinski definition) is 5. The van der Waals surface area contributed by atoms with Crippen LogP contribution in [0.1, 0.15) is 19.0 Å². The van der Waals surface area contributed by atoms with Crippen LogP contribution in [-0.4, -0.2) is 39.4 Å². The van der Waals surface area contributed by atoms with Gasteiger partial charge in [-0.25, -0.2) is 9.97 Å². The van der Waals surface area contributed by atoms with Gasteiger partial charge in [0.15, 0.2) is 5.16 Å². The highest BCUT2D eigenvalue weighted by Crippen LogP contribution is 2.13. The summed E-state index contributed by atoms with van der Waals surface area (Å²) < 4.78 is 0. The van der Waals surface area contributed by atoms with Gasteiger partial charge in [-0.2, -0.15) is 0 Å². The lowest BCUT2D eigenvalue weighted by molar-refractivity contribution is -0.138. The van der Waals surface area contributed by atoms with Crippen LogP contribution in [-0.2, 0) is 4.79 Å². The van der Waals surface area contributed by atoms with E-state index in [0.29, 0.717) is 17.5 Å². The molecule has 0 aliphatic carbocycles. The van der Waals surface area contributed by atoms with Gasteiger partial charge >= 0.3 is 5.97 Å². The Morgan fingerprint density at radius 3 is 3.00 bits per heavy atom. The number of carbonyl (C=O) groups is 1. The molecule has 0 bridgehead atoms. The lowest BCUT2D eigenvalue weighted by Gasteiger charge is -2.12. The average molecular weight is 255 g/mol. The molecule has 1 aromatic heterocycles. The molecule has 0 amide bonds. The van der Waals surface area contributed by atoms with Crippen molar-refractivity contribution in [1.82, 2.24) is 15.3 Å². The molecule has 1 heterocycles. The Bertz CT molecular complexity index is 373. The minimum atomic E-state index is -0.835. The second-order valence-electron chi connectivity index (χ2n) is 3.64. The van der Waals surface area contributed by atoms with Crippen molar-refractivity contribution >= 4 is 17.7 Å². The molecule has 6 heteroatoms. The number of nitrogens with zero attached hydrogens (tertiary/aromatic N) is 2. The van der Waals surface area contributed by atoms with E-state index in [1.807, 2.05) is 19.9 Å². The Balaban J connectivity index is 2.48. The number of rotatable bonds is 7. The standard InChI is InChI=1S/C11H17N3O2S/c1-3-5-12-9(10(15)16)7-17-11-13-6-4-8(2)14-11/h4,6,9,12H,3,5,7H2,1-2H3,(H,15,16). The topological polar surface area (TPSA) is 75.1 Å². The molecule has 0 fully saturated rings. The number of aromatic nitrogens is 2. The number of aliphatic carboxylic acids is 1. The average Bonchev–Trinajstić information content (AvgIpc) is 2.28. The van der Waals surface area contributed by atoms with E-state index >= 15 is 0 Å². The Hall–Kier alpha value is -1.14. The fourth-order valence-corrected chi connectivity index (χ4v) is 2.11. The lowest BCUT2D eigenvalue weighted by atomic mass is 10.3. The van der Waals surface area contributed by atoms with Gasteiger partial charge < -0.3 is 10.4 Å². The molecular weight excluding hydrogens is 238 g/mol. The van der Waals surface area contributed by atoms with Crippen molar-refractivity contribution in [2.75, 3.05) is 12.3 Å². The molecule has 0 spiro atoms. The Morgan fingerprint density at radius 1 is 1.65 bits per heavy atom. The first kappa shape index (κ1) is 13.9. The lowest BCUT2D eigenvalue weighted by Crippen LogP contribution is -2.39. The maximum Gasteiger partial charge on any atom is 0.321 e. The van der Waals surface area contributed by atoms with Crippen molar-refractivity contribution in [3.8, 4) is 0 Å². The van der Waals surface area contributed by atoms with E-state index in [0.717, 1.165) is 12.1 Å². The summed E-state index contributed by atoms with van der Waals surface area (Å²) in [5.74, 6) is -0.405. The normalized spacial score (nSPS) is 12.4. The van der Waals surface area contributed by atoms with Gasteiger partial charge in [0.1, 0.15) is 6.04 Å². The fourth-order valence-electron chi connectivity index (χ4n) is 1.19. The van der Waals surface area contributed by atoms with E-state index in [1.54, 1.807) is 6.20 Å². The van der Waals surface area contributed by atoms with Gasteiger partial charge in [-0.3, -0.25) is 4.79 Å². The third-order valence-corrected chi connectivity index (χ3v) is 3.05. The summed E-state index contributed by atoms with van der Waals surface area (Å²) in [6, 6.07) is 1.26. The summed E-state index contributed by atoms with van der Waals surface area (Å²) in [4.78, 5) is 19.3. The minimum absolute atomic E-state index is 0.429. The number of aryl methyl sites for hydroxylation is 1. The zero-order valence-corrected chi connectivity index (χ0v) is 10.8. The molecule has 0 saturated carbocycles. The maximum absolute atomic E-state index is 11.0. The van der Waals surface area contributed by atoms with Crippen molar-refractivity contribution < 1.29 is 9.90 Å². The van der Waals surface area contributed by atoms with Crippen LogP contribution in [0.5, 0.6) is 0 Å². The van der Waals surface area contributed by atoms with Crippen molar-refractivity contribution in [2.45, 2.75) is 31.5 Å². The third kappa shape index (κ3) is 5.14. The molecule has 1 aromatic rings. The second-order valence-corrected chi connectivity index (χ2v) is 4.62. The van der Waals surface area contributed by atoms with Gasteiger partial charge in [-0.15, -0.1) is 0 Å². The van der Waals surface area contributed by atoms with Crippen molar-refractivity contribution in [3.63, 3.8) is 0 Å². The number of carboxylic acid groups (broad SMARTS) is 1. The fraction of sp³-hybridized carbons (Fsp3) is 0.545. The highest BCUT2D eigenvalue weighted by atomic mass is 32.2. The molecule has 1 rings (SSSR count). The molecule has 0 aromatic carbocycles. The van der Waals surface area contributed by atoms with E-state index in [-0.39, 0.29) is 0 Å². The summed E-state index contributed by atoms with van der Waals surface area (Å²) in [6.45, 7) is 4.59. The predicted molar refractivity (Wildman–Crippen MR) is 67.2 cm³/mol. The number of hydrogen-bond donors (Lipinski definition) is 2. The van der Waals surface area contributed by atoms with Gasteiger partial charge in [0.2, 0.25) is 0 Å². The molecule has 1 atom stereocenters. The Morgan fingerprint density at radius 2 is 2.41 bits per heavy atom. The number of nitrogens with one attached hydrogen (secondary N) is 1. The largest absolute Gasteiger partial charge is 0.480 e. The Kier molecular flexibility index (Phi) is 5.93. The molecule has 2 N–H and O–H groups in total. The third-order valence-electron chi connectivity index (χ3n) is 2.09. The zero-order chi connectivity index (χ0) is 12.7. The molecule has 17 heavy (non-hydrogen) atoms. The number of carboxylic acids is 1. The molecular formula is C11H17N3O2S. The van der Waals surface area contributed by atoms with Crippen LogP contribution >= 0.6 is 11.8 Å². The molecule has 0 aliphatic rings. The highest BCUT2D eigenvalue weighted by Gasteiger charge is 2.16. The van der Waals surface area contributed by atoms with E-state index in [2.05, 4.69) is 15.3 Å². The van der Waals surface area contributed by atoms with Crippen LogP contribution in [0.25, 0.3) is 0 Å². The van der Waals surface area contributed by atoms with Crippen molar-refractivity contribution in [3.05, 3.63) is 18.0 Å². The van der Waals surface area contributed by atoms with Crippen LogP contribution in [0.2, 0.25) is 0 Å². The smallest absolute Gasteiger partial charge is 0.321 e. The SMILES string of the molecule is CCCNC(CSc1nccc(C)n1)C(=O)O. The molecule has 1 unspecified atom stereocenters. The van der Waals surface area contributed by atoms with E-state index in [4.69, 9.17) is 5.11 Å². The van der Waals surface area contributed by atoms with Gasteiger partial charge in [0.05, 0.1) is 0 Å². The van der Waals surface area contributed by atoms with Gasteiger partial charge in [0.25, 0.3) is 0 Å². The molecule has 5 nitrogen and oxygen atoms in total. The highest BCUT2D eigenvalue weighted by molar-refractivity contribution is 7.99. The summed E-state index contributed by atoms with van der Waals surface area (Å²) in [5.41, 5.74) is 0.885. The summed E-state index contributed by atoms with van der Waals surface area (Å²) in [7, 11) is 0. The summed E-state index contributed by atoms with van der Waals surface area (Å²) in [5, 5.41) is 12.6. The van der Waals surface area contributed by atoms with Crippen LogP contribution in [0.15, 0.2) is 17.4 Å². The van der Waals surface area contributed by atoms with Crippen molar-refractivity contribution in [2.24, 2.45) is 0 Å². The molecule has 94 valence electrons. The van der Waals surface area contributed by atoms with Gasteiger partial charge in [-0.05, 0) is 26.0 Å². The number of thioether (sulfide) groups is 1. The van der Waals surface area contributed by atoms with E-state index in [9.17, 15) is 4.79 Å². The first-order valence-corrected chi connectivity index (χ1v) is 6.50.